The average molecular weight is 236 g/mol. The smallest absolute Gasteiger partial charge is 0.260 e. The molecular weight excluding hydrogens is 231 g/mol. The molecule has 1 rings (SSSR count). The summed E-state index contributed by atoms with van der Waals surface area (Å²) in [4.78, 5) is 3.22. The van der Waals surface area contributed by atoms with Crippen LogP contribution in [0.5, 0.6) is 0 Å². The SMILES string of the molecule is Cc1ncc(C(F)F)c(C#N)c1C(F)(F)F. The van der Waals surface area contributed by atoms with Gasteiger partial charge in [-0.25, -0.2) is 8.78 Å². The summed E-state index contributed by atoms with van der Waals surface area (Å²) in [5.74, 6) is 0. The van der Waals surface area contributed by atoms with E-state index in [0.717, 1.165) is 13.0 Å². The molecular formula is C9H5F5N2. The molecule has 0 aliphatic rings. The summed E-state index contributed by atoms with van der Waals surface area (Å²) in [5, 5.41) is 8.52. The number of hydrogen-bond acceptors (Lipinski definition) is 2. The molecule has 0 saturated carbocycles. The maximum absolute atomic E-state index is 12.5. The van der Waals surface area contributed by atoms with Crippen molar-refractivity contribution in [2.75, 3.05) is 0 Å². The number of nitriles is 1. The monoisotopic (exact) mass is 236 g/mol. The van der Waals surface area contributed by atoms with Gasteiger partial charge in [0.1, 0.15) is 6.07 Å². The van der Waals surface area contributed by atoms with Gasteiger partial charge in [-0.05, 0) is 6.92 Å². The van der Waals surface area contributed by atoms with Crippen molar-refractivity contribution in [3.63, 3.8) is 0 Å². The minimum Gasteiger partial charge on any atom is -0.260 e. The minimum atomic E-state index is -4.87. The molecule has 1 aromatic rings. The molecule has 0 saturated heterocycles. The van der Waals surface area contributed by atoms with Crippen molar-refractivity contribution >= 4 is 0 Å². The van der Waals surface area contributed by atoms with Crippen molar-refractivity contribution in [3.05, 3.63) is 28.6 Å². The number of pyridine rings is 1. The van der Waals surface area contributed by atoms with E-state index < -0.39 is 35.0 Å². The summed E-state index contributed by atoms with van der Waals surface area (Å²) < 4.78 is 62.2. The van der Waals surface area contributed by atoms with Crippen LogP contribution in [0.4, 0.5) is 22.0 Å². The molecule has 0 spiro atoms. The fourth-order valence-corrected chi connectivity index (χ4v) is 1.25. The summed E-state index contributed by atoms with van der Waals surface area (Å²) >= 11 is 0. The summed E-state index contributed by atoms with van der Waals surface area (Å²) in [7, 11) is 0. The van der Waals surface area contributed by atoms with E-state index >= 15 is 0 Å². The van der Waals surface area contributed by atoms with Gasteiger partial charge in [-0.2, -0.15) is 18.4 Å². The highest BCUT2D eigenvalue weighted by molar-refractivity contribution is 5.47. The first-order valence-corrected chi connectivity index (χ1v) is 4.04. The summed E-state index contributed by atoms with van der Waals surface area (Å²) in [5.41, 5.74) is -3.95. The van der Waals surface area contributed by atoms with Crippen molar-refractivity contribution in [2.45, 2.75) is 19.5 Å². The molecule has 16 heavy (non-hydrogen) atoms. The Bertz CT molecular complexity index is 444. The van der Waals surface area contributed by atoms with Crippen LogP contribution in [0, 0.1) is 18.3 Å². The molecule has 0 aliphatic heterocycles. The Morgan fingerprint density at radius 3 is 2.31 bits per heavy atom. The molecule has 0 aromatic carbocycles. The molecule has 0 unspecified atom stereocenters. The van der Waals surface area contributed by atoms with E-state index in [1.54, 1.807) is 0 Å². The molecule has 0 bridgehead atoms. The Morgan fingerprint density at radius 2 is 1.94 bits per heavy atom. The second kappa shape index (κ2) is 4.04. The Hall–Kier alpha value is -1.71. The predicted octanol–water partition coefficient (Wildman–Crippen LogP) is 3.22. The van der Waals surface area contributed by atoms with E-state index in [9.17, 15) is 22.0 Å². The molecule has 2 nitrogen and oxygen atoms in total. The van der Waals surface area contributed by atoms with Crippen LogP contribution < -0.4 is 0 Å². The molecule has 0 fully saturated rings. The second-order valence-electron chi connectivity index (χ2n) is 2.96. The number of hydrogen-bond donors (Lipinski definition) is 0. The summed E-state index contributed by atoms with van der Waals surface area (Å²) in [6, 6.07) is 1.15. The third kappa shape index (κ3) is 2.10. The van der Waals surface area contributed by atoms with Gasteiger partial charge in [0.2, 0.25) is 0 Å². The number of aryl methyl sites for hydroxylation is 1. The first-order chi connectivity index (χ1) is 7.29. The number of nitrogens with zero attached hydrogens (tertiary/aromatic N) is 2. The molecule has 7 heteroatoms. The lowest BCUT2D eigenvalue weighted by molar-refractivity contribution is -0.138. The standard InChI is InChI=1S/C9H5F5N2/c1-4-7(9(12,13)14)5(2-15)6(3-16-4)8(10)11/h3,8H,1H3. The topological polar surface area (TPSA) is 36.7 Å². The van der Waals surface area contributed by atoms with Gasteiger partial charge in [0, 0.05) is 6.20 Å². The van der Waals surface area contributed by atoms with Gasteiger partial charge in [-0.15, -0.1) is 0 Å². The molecule has 86 valence electrons. The molecule has 0 N–H and O–H groups in total. The zero-order valence-corrected chi connectivity index (χ0v) is 7.94. The molecule has 0 amide bonds. The Kier molecular flexibility index (Phi) is 3.12. The van der Waals surface area contributed by atoms with E-state index in [4.69, 9.17) is 5.26 Å². The van der Waals surface area contributed by atoms with Crippen molar-refractivity contribution in [2.24, 2.45) is 0 Å². The highest BCUT2D eigenvalue weighted by Gasteiger charge is 2.38. The van der Waals surface area contributed by atoms with E-state index in [1.807, 2.05) is 0 Å². The van der Waals surface area contributed by atoms with Gasteiger partial charge in [-0.1, -0.05) is 0 Å². The van der Waals surface area contributed by atoms with Gasteiger partial charge < -0.3 is 0 Å². The zero-order valence-electron chi connectivity index (χ0n) is 7.94. The first kappa shape index (κ1) is 12.4. The maximum atomic E-state index is 12.5. The van der Waals surface area contributed by atoms with Crippen LogP contribution in [0.2, 0.25) is 0 Å². The highest BCUT2D eigenvalue weighted by Crippen LogP contribution is 2.36. The van der Waals surface area contributed by atoms with Crippen LogP contribution in [0.15, 0.2) is 6.20 Å². The van der Waals surface area contributed by atoms with Gasteiger partial charge in [0.05, 0.1) is 22.4 Å². The third-order valence-electron chi connectivity index (χ3n) is 1.93. The summed E-state index contributed by atoms with van der Waals surface area (Å²) in [6.45, 7) is 1.01. The van der Waals surface area contributed by atoms with Crippen LogP contribution in [0.25, 0.3) is 0 Å². The minimum absolute atomic E-state index is 0.492. The number of aromatic nitrogens is 1. The lowest BCUT2D eigenvalue weighted by Gasteiger charge is -2.13. The Morgan fingerprint density at radius 1 is 1.38 bits per heavy atom. The average Bonchev–Trinajstić information content (AvgIpc) is 2.14. The molecule has 0 radical (unpaired) electrons. The number of rotatable bonds is 1. The van der Waals surface area contributed by atoms with Crippen molar-refractivity contribution < 1.29 is 22.0 Å². The van der Waals surface area contributed by atoms with Crippen LogP contribution in [0.3, 0.4) is 0 Å². The Balaban J connectivity index is 3.60. The van der Waals surface area contributed by atoms with Crippen LogP contribution in [0.1, 0.15) is 28.8 Å². The van der Waals surface area contributed by atoms with Crippen LogP contribution >= 0.6 is 0 Å². The number of alkyl halides is 5. The van der Waals surface area contributed by atoms with Crippen molar-refractivity contribution in [1.29, 1.82) is 5.26 Å². The molecule has 0 aliphatic carbocycles. The van der Waals surface area contributed by atoms with E-state index in [1.165, 1.54) is 0 Å². The fraction of sp³-hybridized carbons (Fsp3) is 0.333. The fourth-order valence-electron chi connectivity index (χ4n) is 1.25. The maximum Gasteiger partial charge on any atom is 0.419 e. The quantitative estimate of drug-likeness (QED) is 0.702. The molecule has 1 aromatic heterocycles. The largest absolute Gasteiger partial charge is 0.419 e. The van der Waals surface area contributed by atoms with Gasteiger partial charge >= 0.3 is 6.18 Å². The van der Waals surface area contributed by atoms with Gasteiger partial charge in [0.25, 0.3) is 6.43 Å². The van der Waals surface area contributed by atoms with E-state index in [0.29, 0.717) is 6.20 Å². The van der Waals surface area contributed by atoms with Crippen molar-refractivity contribution in [3.8, 4) is 6.07 Å². The first-order valence-electron chi connectivity index (χ1n) is 4.04. The normalized spacial score (nSPS) is 11.6. The molecule has 1 heterocycles. The van der Waals surface area contributed by atoms with Crippen LogP contribution in [-0.2, 0) is 6.18 Å². The van der Waals surface area contributed by atoms with E-state index in [2.05, 4.69) is 4.98 Å². The lowest BCUT2D eigenvalue weighted by atomic mass is 10.0. The zero-order chi connectivity index (χ0) is 12.5. The van der Waals surface area contributed by atoms with Crippen molar-refractivity contribution in [1.82, 2.24) is 4.98 Å². The Labute approximate surface area is 87.3 Å². The van der Waals surface area contributed by atoms with E-state index in [-0.39, 0.29) is 0 Å². The van der Waals surface area contributed by atoms with Gasteiger partial charge in [0.15, 0.2) is 0 Å². The second-order valence-corrected chi connectivity index (χ2v) is 2.96. The van der Waals surface area contributed by atoms with Gasteiger partial charge in [-0.3, -0.25) is 4.98 Å². The third-order valence-corrected chi connectivity index (χ3v) is 1.93. The molecule has 0 atom stereocenters. The lowest BCUT2D eigenvalue weighted by Crippen LogP contribution is -2.13. The summed E-state index contributed by atoms with van der Waals surface area (Å²) in [6.07, 6.45) is -7.44. The highest BCUT2D eigenvalue weighted by atomic mass is 19.4. The van der Waals surface area contributed by atoms with Crippen LogP contribution in [-0.4, -0.2) is 4.98 Å². The number of halogens is 5. The predicted molar refractivity (Wildman–Crippen MR) is 43.6 cm³/mol.